The zero-order valence-corrected chi connectivity index (χ0v) is 11.2. The van der Waals surface area contributed by atoms with Crippen LogP contribution < -0.4 is 4.74 Å². The first-order valence-corrected chi connectivity index (χ1v) is 6.34. The van der Waals surface area contributed by atoms with E-state index in [0.717, 1.165) is 5.56 Å². The Labute approximate surface area is 121 Å². The van der Waals surface area contributed by atoms with Crippen molar-refractivity contribution in [3.8, 4) is 5.75 Å². The molecular weight excluding hydrogens is 280 g/mol. The number of carbonyl (C=O) groups is 1. The molecule has 0 fully saturated rings. The molecule has 2 rings (SSSR count). The lowest BCUT2D eigenvalue weighted by Gasteiger charge is -2.13. The topological polar surface area (TPSA) is 66.8 Å². The quantitative estimate of drug-likeness (QED) is 0.888. The van der Waals surface area contributed by atoms with E-state index in [0.29, 0.717) is 5.75 Å². The van der Waals surface area contributed by atoms with Gasteiger partial charge in [0, 0.05) is 0 Å². The van der Waals surface area contributed by atoms with Crippen LogP contribution in [0.3, 0.4) is 0 Å². The third kappa shape index (κ3) is 3.50. The molecule has 0 saturated heterocycles. The largest absolute Gasteiger partial charge is 0.489 e. The number of hydrogen-bond donors (Lipinski definition) is 2. The van der Waals surface area contributed by atoms with E-state index in [1.807, 2.05) is 18.2 Å². The Morgan fingerprint density at radius 1 is 1.20 bits per heavy atom. The molecule has 2 N–H and O–H groups in total. The molecule has 0 aliphatic carbocycles. The fourth-order valence-corrected chi connectivity index (χ4v) is 1.93. The van der Waals surface area contributed by atoms with Crippen LogP contribution in [-0.2, 0) is 0 Å². The van der Waals surface area contributed by atoms with Gasteiger partial charge in [0.1, 0.15) is 18.5 Å². The Kier molecular flexibility index (Phi) is 4.61. The minimum atomic E-state index is -1.05. The van der Waals surface area contributed by atoms with E-state index in [1.54, 1.807) is 12.1 Å². The highest BCUT2D eigenvalue weighted by Gasteiger charge is 2.11. The van der Waals surface area contributed by atoms with Gasteiger partial charge >= 0.3 is 5.97 Å². The number of hydrogen-bond acceptors (Lipinski definition) is 3. The predicted octanol–water partition coefficient (Wildman–Crippen LogP) is 3.15. The molecule has 0 bridgehead atoms. The molecule has 104 valence electrons. The number of carboxylic acids is 1. The molecule has 2 aromatic rings. The number of halogens is 1. The lowest BCUT2D eigenvalue weighted by molar-refractivity contribution is 0.0696. The van der Waals surface area contributed by atoms with E-state index in [4.69, 9.17) is 21.4 Å². The molecule has 0 aliphatic rings. The van der Waals surface area contributed by atoms with Crippen LogP contribution in [0.15, 0.2) is 48.5 Å². The van der Waals surface area contributed by atoms with E-state index < -0.39 is 12.1 Å². The normalized spacial score (nSPS) is 11.9. The molecular formula is C15H13ClO4. The van der Waals surface area contributed by atoms with E-state index in [9.17, 15) is 9.90 Å². The Hall–Kier alpha value is -2.04. The predicted molar refractivity (Wildman–Crippen MR) is 75.3 cm³/mol. The summed E-state index contributed by atoms with van der Waals surface area (Å²) in [6.07, 6.45) is -0.772. The van der Waals surface area contributed by atoms with E-state index in [2.05, 4.69) is 0 Å². The number of aromatic carboxylic acids is 1. The van der Waals surface area contributed by atoms with Gasteiger partial charge < -0.3 is 14.9 Å². The van der Waals surface area contributed by atoms with Crippen LogP contribution in [0.1, 0.15) is 22.0 Å². The van der Waals surface area contributed by atoms with Gasteiger partial charge in [-0.05, 0) is 23.8 Å². The van der Waals surface area contributed by atoms with Crippen molar-refractivity contribution in [1.82, 2.24) is 0 Å². The first-order valence-electron chi connectivity index (χ1n) is 5.96. The van der Waals surface area contributed by atoms with Crippen molar-refractivity contribution in [2.75, 3.05) is 6.61 Å². The number of rotatable bonds is 5. The molecule has 0 spiro atoms. The zero-order valence-electron chi connectivity index (χ0n) is 10.5. The summed E-state index contributed by atoms with van der Waals surface area (Å²) in [6, 6.07) is 13.3. The molecule has 5 heteroatoms. The first-order chi connectivity index (χ1) is 9.58. The molecule has 0 aromatic heterocycles. The van der Waals surface area contributed by atoms with Crippen molar-refractivity contribution >= 4 is 17.6 Å². The fraction of sp³-hybridized carbons (Fsp3) is 0.133. The van der Waals surface area contributed by atoms with Crippen LogP contribution in [0, 0.1) is 0 Å². The first kappa shape index (κ1) is 14.4. The van der Waals surface area contributed by atoms with Gasteiger partial charge in [0.15, 0.2) is 0 Å². The second-order valence-corrected chi connectivity index (χ2v) is 4.60. The lowest BCUT2D eigenvalue weighted by Crippen LogP contribution is -2.10. The molecule has 0 saturated carbocycles. The third-order valence-corrected chi connectivity index (χ3v) is 3.06. The Bertz CT molecular complexity index is 598. The minimum absolute atomic E-state index is 0.0378. The van der Waals surface area contributed by atoms with Crippen LogP contribution in [0.5, 0.6) is 5.75 Å². The van der Waals surface area contributed by atoms with Crippen molar-refractivity contribution in [1.29, 1.82) is 0 Å². The Balaban J connectivity index is 2.02. The lowest BCUT2D eigenvalue weighted by atomic mass is 10.1. The molecule has 4 nitrogen and oxygen atoms in total. The van der Waals surface area contributed by atoms with Crippen molar-refractivity contribution in [2.24, 2.45) is 0 Å². The van der Waals surface area contributed by atoms with Crippen LogP contribution in [0.4, 0.5) is 0 Å². The van der Waals surface area contributed by atoms with E-state index in [-0.39, 0.29) is 17.2 Å². The highest BCUT2D eigenvalue weighted by Crippen LogP contribution is 2.26. The summed E-state index contributed by atoms with van der Waals surface area (Å²) >= 11 is 5.93. The van der Waals surface area contributed by atoms with Gasteiger partial charge in [-0.2, -0.15) is 0 Å². The van der Waals surface area contributed by atoms with Gasteiger partial charge in [-0.25, -0.2) is 4.79 Å². The van der Waals surface area contributed by atoms with Crippen molar-refractivity contribution in [3.63, 3.8) is 0 Å². The van der Waals surface area contributed by atoms with Crippen LogP contribution in [0.2, 0.25) is 5.02 Å². The number of aliphatic hydroxyl groups is 1. The second kappa shape index (κ2) is 6.41. The Morgan fingerprint density at radius 3 is 2.50 bits per heavy atom. The molecule has 0 amide bonds. The number of aliphatic hydroxyl groups excluding tert-OH is 1. The van der Waals surface area contributed by atoms with E-state index in [1.165, 1.54) is 18.2 Å². The summed E-state index contributed by atoms with van der Waals surface area (Å²) in [4.78, 5) is 10.8. The third-order valence-electron chi connectivity index (χ3n) is 2.76. The summed E-state index contributed by atoms with van der Waals surface area (Å²) in [6.45, 7) is 0.0378. The van der Waals surface area contributed by atoms with Crippen LogP contribution in [0.25, 0.3) is 0 Å². The molecule has 20 heavy (non-hydrogen) atoms. The van der Waals surface area contributed by atoms with Gasteiger partial charge in [0.25, 0.3) is 0 Å². The number of ether oxygens (including phenoxy) is 1. The van der Waals surface area contributed by atoms with Gasteiger partial charge in [-0.1, -0.05) is 41.9 Å². The van der Waals surface area contributed by atoms with E-state index >= 15 is 0 Å². The minimum Gasteiger partial charge on any atom is -0.489 e. The van der Waals surface area contributed by atoms with Gasteiger partial charge in [-0.15, -0.1) is 0 Å². The Morgan fingerprint density at radius 2 is 1.90 bits per heavy atom. The summed E-state index contributed by atoms with van der Waals surface area (Å²) in [5, 5.41) is 19.0. The maximum absolute atomic E-state index is 10.8. The van der Waals surface area contributed by atoms with Crippen LogP contribution in [-0.4, -0.2) is 22.8 Å². The monoisotopic (exact) mass is 292 g/mol. The maximum atomic E-state index is 10.8. The smallest absolute Gasteiger partial charge is 0.335 e. The second-order valence-electron chi connectivity index (χ2n) is 4.19. The van der Waals surface area contributed by atoms with Crippen molar-refractivity contribution in [3.05, 3.63) is 64.7 Å². The molecule has 0 heterocycles. The zero-order chi connectivity index (χ0) is 14.5. The maximum Gasteiger partial charge on any atom is 0.335 e. The summed E-state index contributed by atoms with van der Waals surface area (Å²) in [7, 11) is 0. The molecule has 0 radical (unpaired) electrons. The molecule has 0 aliphatic heterocycles. The summed E-state index contributed by atoms with van der Waals surface area (Å²) in [5.74, 6) is -0.714. The summed E-state index contributed by atoms with van der Waals surface area (Å²) < 4.78 is 5.41. The number of carboxylic acid groups (broad SMARTS) is 1. The SMILES string of the molecule is O=C(O)c1ccc(OCC(O)c2ccccc2)c(Cl)c1. The fourth-order valence-electron chi connectivity index (χ4n) is 1.69. The number of benzene rings is 2. The standard InChI is InChI=1S/C15H13ClO4/c16-12-8-11(15(18)19)6-7-14(12)20-9-13(17)10-4-2-1-3-5-10/h1-8,13,17H,9H2,(H,18,19). The highest BCUT2D eigenvalue weighted by molar-refractivity contribution is 6.32. The summed E-state index contributed by atoms with van der Waals surface area (Å²) in [5.41, 5.74) is 0.830. The molecule has 1 atom stereocenters. The van der Waals surface area contributed by atoms with Crippen LogP contribution >= 0.6 is 11.6 Å². The van der Waals surface area contributed by atoms with Gasteiger partial charge in [-0.3, -0.25) is 0 Å². The van der Waals surface area contributed by atoms with Crippen molar-refractivity contribution in [2.45, 2.75) is 6.10 Å². The molecule has 1 unspecified atom stereocenters. The van der Waals surface area contributed by atoms with Gasteiger partial charge in [0.05, 0.1) is 10.6 Å². The average Bonchev–Trinajstić information content (AvgIpc) is 2.46. The highest BCUT2D eigenvalue weighted by atomic mass is 35.5. The average molecular weight is 293 g/mol. The molecule has 2 aromatic carbocycles. The van der Waals surface area contributed by atoms with Gasteiger partial charge in [0.2, 0.25) is 0 Å². The van der Waals surface area contributed by atoms with Crippen molar-refractivity contribution < 1.29 is 19.7 Å².